The number of aliphatic imine (C=N–C) groups is 1. The van der Waals surface area contributed by atoms with Crippen LogP contribution in [0.3, 0.4) is 0 Å². The van der Waals surface area contributed by atoms with Gasteiger partial charge in [-0.25, -0.2) is 8.42 Å². The molecule has 1 aromatic rings. The van der Waals surface area contributed by atoms with E-state index in [9.17, 15) is 8.42 Å². The van der Waals surface area contributed by atoms with E-state index in [2.05, 4.69) is 15.6 Å². The molecule has 0 amide bonds. The van der Waals surface area contributed by atoms with Gasteiger partial charge in [-0.2, -0.15) is 4.31 Å². The van der Waals surface area contributed by atoms with Gasteiger partial charge in [-0.1, -0.05) is 13.8 Å². The third-order valence-electron chi connectivity index (χ3n) is 4.12. The number of sulfonamides is 1. The summed E-state index contributed by atoms with van der Waals surface area (Å²) in [6, 6.07) is 3.62. The Hall–Kier alpha value is -1.16. The van der Waals surface area contributed by atoms with Crippen LogP contribution in [0.25, 0.3) is 0 Å². The van der Waals surface area contributed by atoms with Crippen molar-refractivity contribution < 1.29 is 13.2 Å². The van der Waals surface area contributed by atoms with E-state index in [0.29, 0.717) is 23.8 Å². The maximum atomic E-state index is 12.6. The summed E-state index contributed by atoms with van der Waals surface area (Å²) in [5.74, 6) is 0.798. The summed E-state index contributed by atoms with van der Waals surface area (Å²) >= 11 is 1.35. The first-order chi connectivity index (χ1) is 13.5. The Morgan fingerprint density at radius 3 is 2.54 bits per heavy atom. The third-order valence-corrected chi connectivity index (χ3v) is 7.78. The molecule has 1 rings (SSSR count). The lowest BCUT2D eigenvalue weighted by Crippen LogP contribution is -2.38. The highest BCUT2D eigenvalue weighted by atomic mass is 32.2. The number of rotatable bonds is 14. The lowest BCUT2D eigenvalue weighted by molar-refractivity contribution is 0.144. The number of guanidine groups is 1. The number of nitrogens with zero attached hydrogens (tertiary/aromatic N) is 2. The van der Waals surface area contributed by atoms with Crippen molar-refractivity contribution in [3.05, 3.63) is 17.0 Å². The second-order valence-electron chi connectivity index (χ2n) is 6.15. The summed E-state index contributed by atoms with van der Waals surface area (Å²) < 4.78 is 32.4. The molecule has 9 heteroatoms. The molecule has 0 spiro atoms. The second kappa shape index (κ2) is 13.9. The molecule has 0 atom stereocenters. The Morgan fingerprint density at radius 1 is 1.14 bits per heavy atom. The highest BCUT2D eigenvalue weighted by Gasteiger charge is 2.23. The first-order valence-corrected chi connectivity index (χ1v) is 12.4. The minimum atomic E-state index is -3.37. The average molecular weight is 433 g/mol. The molecule has 0 aliphatic carbocycles. The predicted octanol–water partition coefficient (Wildman–Crippen LogP) is 2.69. The molecular weight excluding hydrogens is 396 g/mol. The van der Waals surface area contributed by atoms with E-state index in [-0.39, 0.29) is 0 Å². The summed E-state index contributed by atoms with van der Waals surface area (Å²) in [7, 11) is -3.37. The Kier molecular flexibility index (Phi) is 12.4. The van der Waals surface area contributed by atoms with Crippen molar-refractivity contribution >= 4 is 27.3 Å². The third kappa shape index (κ3) is 8.46. The fourth-order valence-electron chi connectivity index (χ4n) is 2.62. The lowest BCUT2D eigenvalue weighted by Gasteiger charge is -2.16. The van der Waals surface area contributed by atoms with E-state index in [1.165, 1.54) is 15.6 Å². The maximum absolute atomic E-state index is 12.6. The molecule has 1 aromatic heterocycles. The lowest BCUT2D eigenvalue weighted by atomic mass is 10.3. The topological polar surface area (TPSA) is 83.0 Å². The van der Waals surface area contributed by atoms with E-state index in [4.69, 9.17) is 4.74 Å². The van der Waals surface area contributed by atoms with Gasteiger partial charge in [0.1, 0.15) is 4.21 Å². The average Bonchev–Trinajstić information content (AvgIpc) is 3.15. The standard InChI is InChI=1S/C19H36N4O3S2/c1-5-20-19(21-14-9-10-16-26-8-4)22-15-13-17-11-12-18(27-17)28(24,25)23(6-2)7-3/h11-12H,5-10,13-16H2,1-4H3,(H2,20,21,22). The minimum absolute atomic E-state index is 0.418. The molecule has 7 nitrogen and oxygen atoms in total. The first kappa shape index (κ1) is 24.9. The fraction of sp³-hybridized carbons (Fsp3) is 0.737. The second-order valence-corrected chi connectivity index (χ2v) is 9.48. The zero-order valence-electron chi connectivity index (χ0n) is 17.7. The first-order valence-electron chi connectivity index (χ1n) is 10.2. The quantitative estimate of drug-likeness (QED) is 0.268. The predicted molar refractivity (Wildman–Crippen MR) is 118 cm³/mol. The smallest absolute Gasteiger partial charge is 0.252 e. The van der Waals surface area contributed by atoms with Crippen LogP contribution in [0.15, 0.2) is 21.3 Å². The highest BCUT2D eigenvalue weighted by molar-refractivity contribution is 7.91. The van der Waals surface area contributed by atoms with E-state index >= 15 is 0 Å². The van der Waals surface area contributed by atoms with Gasteiger partial charge in [-0.15, -0.1) is 11.3 Å². The van der Waals surface area contributed by atoms with Crippen LogP contribution in [-0.2, 0) is 21.2 Å². The molecule has 0 bridgehead atoms. The van der Waals surface area contributed by atoms with Gasteiger partial charge in [-0.3, -0.25) is 4.99 Å². The molecule has 162 valence electrons. The molecule has 2 N–H and O–H groups in total. The van der Waals surface area contributed by atoms with Crippen LogP contribution >= 0.6 is 11.3 Å². The van der Waals surface area contributed by atoms with Crippen LogP contribution < -0.4 is 10.6 Å². The van der Waals surface area contributed by atoms with Crippen LogP contribution in [0.4, 0.5) is 0 Å². The fourth-order valence-corrected chi connectivity index (χ4v) is 5.59. The molecule has 0 fully saturated rings. The maximum Gasteiger partial charge on any atom is 0.252 e. The Bertz CT molecular complexity index is 670. The molecular formula is C19H36N4O3S2. The molecule has 1 heterocycles. The van der Waals surface area contributed by atoms with Crippen molar-refractivity contribution in [1.29, 1.82) is 0 Å². The normalized spacial score (nSPS) is 12.5. The van der Waals surface area contributed by atoms with E-state index < -0.39 is 10.0 Å². The number of nitrogens with one attached hydrogen (secondary N) is 2. The van der Waals surface area contributed by atoms with Crippen molar-refractivity contribution in [3.63, 3.8) is 0 Å². The molecule has 0 saturated carbocycles. The molecule has 0 aliphatic heterocycles. The van der Waals surface area contributed by atoms with Crippen LogP contribution in [0.2, 0.25) is 0 Å². The van der Waals surface area contributed by atoms with Gasteiger partial charge in [0.2, 0.25) is 0 Å². The number of thiophene rings is 1. The molecule has 0 radical (unpaired) electrons. The number of ether oxygens (including phenoxy) is 1. The summed E-state index contributed by atoms with van der Waals surface area (Å²) in [5.41, 5.74) is 0. The Morgan fingerprint density at radius 2 is 1.89 bits per heavy atom. The molecule has 0 aromatic carbocycles. The van der Waals surface area contributed by atoms with Crippen LogP contribution in [-0.4, -0.2) is 64.6 Å². The van der Waals surface area contributed by atoms with Gasteiger partial charge in [0.05, 0.1) is 0 Å². The van der Waals surface area contributed by atoms with Gasteiger partial charge >= 0.3 is 0 Å². The van der Waals surface area contributed by atoms with Crippen molar-refractivity contribution in [1.82, 2.24) is 14.9 Å². The molecule has 0 unspecified atom stereocenters. The van der Waals surface area contributed by atoms with E-state index in [0.717, 1.165) is 56.4 Å². The van der Waals surface area contributed by atoms with Gasteiger partial charge in [0.15, 0.2) is 5.96 Å². The molecule has 0 aliphatic rings. The van der Waals surface area contributed by atoms with Gasteiger partial charge in [-0.05, 0) is 45.2 Å². The SMILES string of the molecule is CCNC(=NCCCCOCC)NCCc1ccc(S(=O)(=O)N(CC)CC)s1. The Balaban J connectivity index is 2.51. The number of hydrogen-bond acceptors (Lipinski definition) is 5. The molecule has 0 saturated heterocycles. The minimum Gasteiger partial charge on any atom is -0.382 e. The molecule has 28 heavy (non-hydrogen) atoms. The summed E-state index contributed by atoms with van der Waals surface area (Å²) in [6.45, 7) is 12.5. The van der Waals surface area contributed by atoms with Gasteiger partial charge in [0, 0.05) is 50.8 Å². The largest absolute Gasteiger partial charge is 0.382 e. The summed E-state index contributed by atoms with van der Waals surface area (Å²) in [4.78, 5) is 5.62. The van der Waals surface area contributed by atoms with Gasteiger partial charge in [0.25, 0.3) is 10.0 Å². The van der Waals surface area contributed by atoms with Gasteiger partial charge < -0.3 is 15.4 Å². The van der Waals surface area contributed by atoms with Crippen molar-refractivity contribution in [2.45, 2.75) is 51.2 Å². The number of unbranched alkanes of at least 4 members (excludes halogenated alkanes) is 1. The summed E-state index contributed by atoms with van der Waals surface area (Å²) in [6.07, 6.45) is 2.76. The Labute approximate surface area is 174 Å². The summed E-state index contributed by atoms with van der Waals surface area (Å²) in [5, 5.41) is 6.56. The van der Waals surface area contributed by atoms with Crippen LogP contribution in [0.5, 0.6) is 0 Å². The van der Waals surface area contributed by atoms with Crippen LogP contribution in [0.1, 0.15) is 45.4 Å². The zero-order chi connectivity index (χ0) is 20.8. The van der Waals surface area contributed by atoms with Crippen molar-refractivity contribution in [2.24, 2.45) is 4.99 Å². The van der Waals surface area contributed by atoms with E-state index in [1.807, 2.05) is 33.8 Å². The van der Waals surface area contributed by atoms with Crippen molar-refractivity contribution in [3.8, 4) is 0 Å². The van der Waals surface area contributed by atoms with Crippen LogP contribution in [0, 0.1) is 0 Å². The highest BCUT2D eigenvalue weighted by Crippen LogP contribution is 2.25. The van der Waals surface area contributed by atoms with Crippen molar-refractivity contribution in [2.75, 3.05) is 45.9 Å². The van der Waals surface area contributed by atoms with E-state index in [1.54, 1.807) is 6.07 Å². The number of hydrogen-bond donors (Lipinski definition) is 2. The zero-order valence-corrected chi connectivity index (χ0v) is 19.3. The monoisotopic (exact) mass is 432 g/mol.